The van der Waals surface area contributed by atoms with Gasteiger partial charge in [0.25, 0.3) is 17.3 Å². The number of hydrogen-bond donors (Lipinski definition) is 1. The van der Waals surface area contributed by atoms with E-state index in [-0.39, 0.29) is 5.56 Å². The third-order valence-corrected chi connectivity index (χ3v) is 3.73. The number of aryl methyl sites for hydroxylation is 1. The summed E-state index contributed by atoms with van der Waals surface area (Å²) in [6.07, 6.45) is 1.43. The van der Waals surface area contributed by atoms with Crippen LogP contribution in [-0.2, 0) is 0 Å². The maximum atomic E-state index is 12.1. The number of nitrogens with zero attached hydrogens (tertiary/aromatic N) is 4. The van der Waals surface area contributed by atoms with Crippen LogP contribution in [0.25, 0.3) is 0 Å². The van der Waals surface area contributed by atoms with Crippen LogP contribution in [0.5, 0.6) is 0 Å². The Labute approximate surface area is 154 Å². The van der Waals surface area contributed by atoms with Crippen molar-refractivity contribution >= 4 is 29.2 Å². The summed E-state index contributed by atoms with van der Waals surface area (Å²) in [5.41, 5.74) is 3.61. The van der Waals surface area contributed by atoms with E-state index in [2.05, 4.69) is 10.5 Å². The molecule has 0 atom stereocenters. The van der Waals surface area contributed by atoms with Crippen LogP contribution < -0.4 is 10.3 Å². The van der Waals surface area contributed by atoms with Gasteiger partial charge < -0.3 is 4.90 Å². The summed E-state index contributed by atoms with van der Waals surface area (Å²) in [7, 11) is 3.84. The smallest absolute Gasteiger partial charge is 0.277 e. The van der Waals surface area contributed by atoms with E-state index in [0.717, 1.165) is 35.0 Å². The highest BCUT2D eigenvalue weighted by atomic mass is 16.6. The van der Waals surface area contributed by atoms with E-state index in [4.69, 9.17) is 0 Å². The second-order valence-corrected chi connectivity index (χ2v) is 5.89. The maximum absolute atomic E-state index is 12.1. The first-order chi connectivity index (χ1) is 12.7. The highest BCUT2D eigenvalue weighted by Crippen LogP contribution is 2.22. The number of benzene rings is 2. The number of non-ortho nitro benzene ring substituents is 2. The molecular weight excluding hydrogens is 354 g/mol. The van der Waals surface area contributed by atoms with Crippen LogP contribution in [-0.4, -0.2) is 36.1 Å². The highest BCUT2D eigenvalue weighted by molar-refractivity contribution is 5.96. The number of anilines is 1. The Morgan fingerprint density at radius 3 is 2.15 bits per heavy atom. The third-order valence-electron chi connectivity index (χ3n) is 3.73. The molecule has 0 aromatic heterocycles. The molecule has 10 heteroatoms. The number of hydrazone groups is 1. The van der Waals surface area contributed by atoms with Crippen molar-refractivity contribution in [2.45, 2.75) is 6.92 Å². The Hall–Kier alpha value is -3.82. The molecule has 27 heavy (non-hydrogen) atoms. The fourth-order valence-electron chi connectivity index (χ4n) is 2.24. The first kappa shape index (κ1) is 19.5. The summed E-state index contributed by atoms with van der Waals surface area (Å²) in [5.74, 6) is -0.791. The van der Waals surface area contributed by atoms with Gasteiger partial charge in [-0.15, -0.1) is 0 Å². The summed E-state index contributed by atoms with van der Waals surface area (Å²) in [5, 5.41) is 25.6. The second kappa shape index (κ2) is 8.04. The fraction of sp³-hybridized carbons (Fsp3) is 0.176. The molecule has 2 rings (SSSR count). The molecule has 0 aliphatic rings. The predicted octanol–water partition coefficient (Wildman–Crippen LogP) is 2.64. The molecule has 0 unspecified atom stereocenters. The topological polar surface area (TPSA) is 131 Å². The van der Waals surface area contributed by atoms with Crippen molar-refractivity contribution in [3.63, 3.8) is 0 Å². The molecule has 1 N–H and O–H groups in total. The number of nitro groups is 2. The fourth-order valence-corrected chi connectivity index (χ4v) is 2.24. The van der Waals surface area contributed by atoms with Crippen molar-refractivity contribution in [1.29, 1.82) is 0 Å². The highest BCUT2D eigenvalue weighted by Gasteiger charge is 2.19. The van der Waals surface area contributed by atoms with Crippen molar-refractivity contribution in [1.82, 2.24) is 5.43 Å². The summed E-state index contributed by atoms with van der Waals surface area (Å²) in [4.78, 5) is 34.2. The summed E-state index contributed by atoms with van der Waals surface area (Å²) < 4.78 is 0. The maximum Gasteiger partial charge on any atom is 0.277 e. The number of nitrogens with one attached hydrogen (secondary N) is 1. The zero-order chi connectivity index (χ0) is 20.1. The standard InChI is InChI=1S/C17H17N5O5/c1-11-6-14(20(2)3)5-4-12(11)10-18-19-17(23)13-7-15(21(24)25)9-16(8-13)22(26)27/h4-10H,1-3H3,(H,19,23). The number of nitro benzene ring substituents is 2. The minimum Gasteiger partial charge on any atom is -0.378 e. The van der Waals surface area contributed by atoms with Crippen molar-refractivity contribution in [2.24, 2.45) is 5.10 Å². The molecular formula is C17H17N5O5. The largest absolute Gasteiger partial charge is 0.378 e. The van der Waals surface area contributed by atoms with Gasteiger partial charge in [-0.05, 0) is 30.2 Å². The molecule has 0 aliphatic heterocycles. The molecule has 1 amide bonds. The molecule has 2 aromatic carbocycles. The number of hydrogen-bond acceptors (Lipinski definition) is 7. The number of carbonyl (C=O) groups excluding carboxylic acids is 1. The first-order valence-electron chi connectivity index (χ1n) is 7.74. The minimum absolute atomic E-state index is 0.229. The summed E-state index contributed by atoms with van der Waals surface area (Å²) in [6, 6.07) is 8.37. The average molecular weight is 371 g/mol. The van der Waals surface area contributed by atoms with Crippen molar-refractivity contribution < 1.29 is 14.6 Å². The zero-order valence-corrected chi connectivity index (χ0v) is 14.9. The van der Waals surface area contributed by atoms with Crippen LogP contribution in [0.4, 0.5) is 17.1 Å². The van der Waals surface area contributed by atoms with Crippen LogP contribution in [0.1, 0.15) is 21.5 Å². The van der Waals surface area contributed by atoms with Crippen molar-refractivity contribution in [3.05, 3.63) is 73.3 Å². The summed E-state index contributed by atoms with van der Waals surface area (Å²) in [6.45, 7) is 1.89. The van der Waals surface area contributed by atoms with Crippen molar-refractivity contribution in [3.8, 4) is 0 Å². The van der Waals surface area contributed by atoms with Crippen LogP contribution >= 0.6 is 0 Å². The SMILES string of the molecule is Cc1cc(N(C)C)ccc1C=NNC(=O)c1cc([N+](=O)[O-])cc([N+](=O)[O-])c1. The Bertz CT molecular complexity index is 907. The lowest BCUT2D eigenvalue weighted by Gasteiger charge is -2.13. The van der Waals surface area contributed by atoms with E-state index in [1.54, 1.807) is 0 Å². The number of rotatable bonds is 6. The predicted molar refractivity (Wildman–Crippen MR) is 100 cm³/mol. The Kier molecular flexibility index (Phi) is 5.81. The molecule has 0 bridgehead atoms. The number of carbonyl (C=O) groups is 1. The lowest BCUT2D eigenvalue weighted by molar-refractivity contribution is -0.394. The van der Waals surface area contributed by atoms with Gasteiger partial charge in [0.15, 0.2) is 0 Å². The summed E-state index contributed by atoms with van der Waals surface area (Å²) >= 11 is 0. The quantitative estimate of drug-likeness (QED) is 0.472. The zero-order valence-electron chi connectivity index (χ0n) is 14.9. The van der Waals surface area contributed by atoms with Gasteiger partial charge in [0.2, 0.25) is 0 Å². The van der Waals surface area contributed by atoms with Crippen molar-refractivity contribution in [2.75, 3.05) is 19.0 Å². The van der Waals surface area contributed by atoms with Gasteiger partial charge >= 0.3 is 0 Å². The number of amides is 1. The Morgan fingerprint density at radius 2 is 1.67 bits per heavy atom. The Morgan fingerprint density at radius 1 is 1.07 bits per heavy atom. The van der Waals surface area contributed by atoms with E-state index in [1.807, 2.05) is 44.1 Å². The molecule has 0 saturated carbocycles. The van der Waals surface area contributed by atoms with E-state index < -0.39 is 27.1 Å². The second-order valence-electron chi connectivity index (χ2n) is 5.89. The van der Waals surface area contributed by atoms with Gasteiger partial charge in [0.05, 0.1) is 27.7 Å². The van der Waals surface area contributed by atoms with Crippen LogP contribution in [0.15, 0.2) is 41.5 Å². The molecule has 0 spiro atoms. The van der Waals surface area contributed by atoms with Crippen LogP contribution in [0.3, 0.4) is 0 Å². The normalized spacial score (nSPS) is 10.6. The van der Waals surface area contributed by atoms with E-state index in [0.29, 0.717) is 0 Å². The van der Waals surface area contributed by atoms with Gasteiger partial charge in [-0.25, -0.2) is 5.43 Å². The van der Waals surface area contributed by atoms with Gasteiger partial charge in [0, 0.05) is 31.9 Å². The van der Waals surface area contributed by atoms with E-state index in [9.17, 15) is 25.0 Å². The van der Waals surface area contributed by atoms with E-state index >= 15 is 0 Å². The monoisotopic (exact) mass is 371 g/mol. The van der Waals surface area contributed by atoms with Gasteiger partial charge in [-0.2, -0.15) is 5.10 Å². The molecule has 140 valence electrons. The van der Waals surface area contributed by atoms with Gasteiger partial charge in [-0.3, -0.25) is 25.0 Å². The van der Waals surface area contributed by atoms with Crippen LogP contribution in [0.2, 0.25) is 0 Å². The molecule has 0 fully saturated rings. The Balaban J connectivity index is 2.19. The van der Waals surface area contributed by atoms with Gasteiger partial charge in [0.1, 0.15) is 0 Å². The molecule has 0 heterocycles. The molecule has 2 aromatic rings. The molecule has 0 saturated heterocycles. The lowest BCUT2D eigenvalue weighted by atomic mass is 10.1. The van der Waals surface area contributed by atoms with E-state index in [1.165, 1.54) is 6.21 Å². The first-order valence-corrected chi connectivity index (χ1v) is 7.74. The lowest BCUT2D eigenvalue weighted by Crippen LogP contribution is -2.18. The minimum atomic E-state index is -0.803. The third kappa shape index (κ3) is 4.84. The van der Waals surface area contributed by atoms with Gasteiger partial charge in [-0.1, -0.05) is 6.07 Å². The molecule has 10 nitrogen and oxygen atoms in total. The van der Waals surface area contributed by atoms with Crippen LogP contribution in [0, 0.1) is 27.2 Å². The molecule has 0 aliphatic carbocycles. The molecule has 0 radical (unpaired) electrons. The average Bonchev–Trinajstić information content (AvgIpc) is 2.62.